The largest absolute Gasteiger partial charge is 0.497 e. The molecule has 1 atom stereocenters. The minimum Gasteiger partial charge on any atom is -0.497 e. The number of benzene rings is 1. The summed E-state index contributed by atoms with van der Waals surface area (Å²) in [6.45, 7) is 5.03. The van der Waals surface area contributed by atoms with E-state index in [2.05, 4.69) is 52.3 Å². The average Bonchev–Trinajstić information content (AvgIpc) is 2.79. The van der Waals surface area contributed by atoms with Crippen LogP contribution in [0.1, 0.15) is 36.8 Å². The summed E-state index contributed by atoms with van der Waals surface area (Å²) in [6.07, 6.45) is 0.930. The van der Waals surface area contributed by atoms with E-state index < -0.39 is 0 Å². The fourth-order valence-corrected chi connectivity index (χ4v) is 3.05. The lowest BCUT2D eigenvalue weighted by molar-refractivity contribution is 0.413. The fraction of sp³-hybridized carbons (Fsp3) is 0.438. The van der Waals surface area contributed by atoms with Gasteiger partial charge in [0.2, 0.25) is 0 Å². The first kappa shape index (κ1) is 16.0. The van der Waals surface area contributed by atoms with Crippen LogP contribution in [-0.2, 0) is 20.0 Å². The molecule has 1 N–H and O–H groups in total. The van der Waals surface area contributed by atoms with E-state index in [9.17, 15) is 0 Å². The van der Waals surface area contributed by atoms with Crippen molar-refractivity contribution in [3.05, 3.63) is 45.7 Å². The van der Waals surface area contributed by atoms with E-state index in [1.165, 1.54) is 11.3 Å². The number of hydrogen-bond donors (Lipinski definition) is 1. The van der Waals surface area contributed by atoms with Gasteiger partial charge in [-0.05, 0) is 47.0 Å². The van der Waals surface area contributed by atoms with Crippen LogP contribution in [0, 0.1) is 0 Å². The van der Waals surface area contributed by atoms with Crippen molar-refractivity contribution in [3.8, 4) is 5.75 Å². The van der Waals surface area contributed by atoms with Gasteiger partial charge in [0.25, 0.3) is 0 Å². The van der Waals surface area contributed by atoms with Crippen LogP contribution in [0.4, 0.5) is 0 Å². The van der Waals surface area contributed by atoms with Crippen molar-refractivity contribution in [1.82, 2.24) is 15.1 Å². The van der Waals surface area contributed by atoms with Crippen molar-refractivity contribution in [1.29, 1.82) is 0 Å². The maximum Gasteiger partial charge on any atom is 0.119 e. The lowest BCUT2D eigenvalue weighted by Crippen LogP contribution is -2.20. The number of aryl methyl sites for hydroxylation is 2. The third-order valence-electron chi connectivity index (χ3n) is 3.67. The normalized spacial score (nSPS) is 12.4. The zero-order valence-corrected chi connectivity index (χ0v) is 14.6. The zero-order valence-electron chi connectivity index (χ0n) is 13.0. The number of methoxy groups -OCH3 is 1. The SMILES string of the molecule is CCc1nn(C)c(CN[C@H](C)c2cccc(OC)c2)c1Br. The van der Waals surface area contributed by atoms with Gasteiger partial charge >= 0.3 is 0 Å². The molecule has 1 heterocycles. The number of ether oxygens (including phenoxy) is 1. The van der Waals surface area contributed by atoms with Crippen LogP contribution in [0.5, 0.6) is 5.75 Å². The maximum atomic E-state index is 5.27. The number of hydrogen-bond acceptors (Lipinski definition) is 3. The number of nitrogens with zero attached hydrogens (tertiary/aromatic N) is 2. The Kier molecular flexibility index (Phi) is 5.42. The molecule has 0 unspecified atom stereocenters. The molecular weight excluding hydrogens is 330 g/mol. The Morgan fingerprint density at radius 2 is 2.19 bits per heavy atom. The molecular formula is C16H22BrN3O. The van der Waals surface area contributed by atoms with Crippen LogP contribution in [0.25, 0.3) is 0 Å². The smallest absolute Gasteiger partial charge is 0.119 e. The Labute approximate surface area is 134 Å². The first-order chi connectivity index (χ1) is 10.1. The summed E-state index contributed by atoms with van der Waals surface area (Å²) in [7, 11) is 3.67. The molecule has 0 saturated heterocycles. The summed E-state index contributed by atoms with van der Waals surface area (Å²) in [4.78, 5) is 0. The zero-order chi connectivity index (χ0) is 15.4. The summed E-state index contributed by atoms with van der Waals surface area (Å²) >= 11 is 3.65. The topological polar surface area (TPSA) is 39.1 Å². The van der Waals surface area contributed by atoms with Crippen molar-refractivity contribution in [3.63, 3.8) is 0 Å². The molecule has 0 aliphatic rings. The predicted octanol–water partition coefficient (Wildman–Crippen LogP) is 3.60. The lowest BCUT2D eigenvalue weighted by Gasteiger charge is -2.15. The van der Waals surface area contributed by atoms with Gasteiger partial charge in [-0.25, -0.2) is 0 Å². The van der Waals surface area contributed by atoms with E-state index in [0.29, 0.717) is 0 Å². The fourth-order valence-electron chi connectivity index (χ4n) is 2.29. The summed E-state index contributed by atoms with van der Waals surface area (Å²) in [5, 5.41) is 8.06. The Balaban J connectivity index is 2.07. The first-order valence-corrected chi connectivity index (χ1v) is 7.93. The molecule has 0 saturated carbocycles. The highest BCUT2D eigenvalue weighted by atomic mass is 79.9. The van der Waals surface area contributed by atoms with E-state index in [1.54, 1.807) is 7.11 Å². The molecule has 114 valence electrons. The molecule has 1 aromatic heterocycles. The Morgan fingerprint density at radius 3 is 2.81 bits per heavy atom. The minimum atomic E-state index is 0.243. The van der Waals surface area contributed by atoms with Gasteiger partial charge in [-0.15, -0.1) is 0 Å². The highest BCUT2D eigenvalue weighted by Crippen LogP contribution is 2.23. The molecule has 1 aromatic carbocycles. The molecule has 0 radical (unpaired) electrons. The molecule has 0 amide bonds. The monoisotopic (exact) mass is 351 g/mol. The van der Waals surface area contributed by atoms with E-state index in [-0.39, 0.29) is 6.04 Å². The number of halogens is 1. The van der Waals surface area contributed by atoms with Crippen molar-refractivity contribution >= 4 is 15.9 Å². The molecule has 0 bridgehead atoms. The standard InChI is InChI=1S/C16H22BrN3O/c1-5-14-16(17)15(20(3)19-14)10-18-11(2)12-7-6-8-13(9-12)21-4/h6-9,11,18H,5,10H2,1-4H3/t11-/m1/s1. The predicted molar refractivity (Wildman–Crippen MR) is 88.5 cm³/mol. The summed E-state index contributed by atoms with van der Waals surface area (Å²) in [5.74, 6) is 0.885. The number of aromatic nitrogens is 2. The molecule has 0 fully saturated rings. The van der Waals surface area contributed by atoms with Crippen LogP contribution < -0.4 is 10.1 Å². The Hall–Kier alpha value is -1.33. The average molecular weight is 352 g/mol. The van der Waals surface area contributed by atoms with Gasteiger partial charge in [0.1, 0.15) is 5.75 Å². The lowest BCUT2D eigenvalue weighted by atomic mass is 10.1. The highest BCUT2D eigenvalue weighted by Gasteiger charge is 2.13. The van der Waals surface area contributed by atoms with Gasteiger partial charge in [0, 0.05) is 19.6 Å². The molecule has 2 rings (SSSR count). The van der Waals surface area contributed by atoms with E-state index >= 15 is 0 Å². The van der Waals surface area contributed by atoms with Crippen LogP contribution in [0.2, 0.25) is 0 Å². The van der Waals surface area contributed by atoms with Crippen molar-refractivity contribution in [2.45, 2.75) is 32.9 Å². The minimum absolute atomic E-state index is 0.243. The van der Waals surface area contributed by atoms with Crippen LogP contribution >= 0.6 is 15.9 Å². The van der Waals surface area contributed by atoms with Gasteiger partial charge in [0.15, 0.2) is 0 Å². The maximum absolute atomic E-state index is 5.27. The van der Waals surface area contributed by atoms with Crippen LogP contribution in [0.3, 0.4) is 0 Å². The summed E-state index contributed by atoms with van der Waals surface area (Å²) < 4.78 is 8.32. The molecule has 2 aromatic rings. The first-order valence-electron chi connectivity index (χ1n) is 7.14. The highest BCUT2D eigenvalue weighted by molar-refractivity contribution is 9.10. The third-order valence-corrected chi connectivity index (χ3v) is 4.59. The molecule has 0 spiro atoms. The second-order valence-electron chi connectivity index (χ2n) is 5.06. The molecule has 4 nitrogen and oxygen atoms in total. The number of rotatable bonds is 6. The Morgan fingerprint density at radius 1 is 1.43 bits per heavy atom. The number of nitrogens with one attached hydrogen (secondary N) is 1. The van der Waals surface area contributed by atoms with Gasteiger partial charge in [-0.2, -0.15) is 5.10 Å². The van der Waals surface area contributed by atoms with Crippen LogP contribution in [0.15, 0.2) is 28.7 Å². The summed E-state index contributed by atoms with van der Waals surface area (Å²) in [5.41, 5.74) is 3.48. The van der Waals surface area contributed by atoms with Gasteiger partial charge in [-0.3, -0.25) is 4.68 Å². The van der Waals surface area contributed by atoms with Crippen molar-refractivity contribution < 1.29 is 4.74 Å². The van der Waals surface area contributed by atoms with Crippen LogP contribution in [-0.4, -0.2) is 16.9 Å². The molecule has 5 heteroatoms. The van der Waals surface area contributed by atoms with E-state index in [4.69, 9.17) is 4.74 Å². The molecule has 0 aliphatic carbocycles. The second kappa shape index (κ2) is 7.09. The van der Waals surface area contributed by atoms with E-state index in [1.807, 2.05) is 23.9 Å². The third kappa shape index (κ3) is 3.66. The summed E-state index contributed by atoms with van der Waals surface area (Å²) in [6, 6.07) is 8.39. The Bertz CT molecular complexity index is 610. The van der Waals surface area contributed by atoms with Crippen molar-refractivity contribution in [2.24, 2.45) is 7.05 Å². The van der Waals surface area contributed by atoms with E-state index in [0.717, 1.165) is 28.9 Å². The van der Waals surface area contributed by atoms with Crippen molar-refractivity contribution in [2.75, 3.05) is 7.11 Å². The second-order valence-corrected chi connectivity index (χ2v) is 5.86. The quantitative estimate of drug-likeness (QED) is 0.863. The molecule has 0 aliphatic heterocycles. The van der Waals surface area contributed by atoms with Gasteiger partial charge < -0.3 is 10.1 Å². The molecule has 21 heavy (non-hydrogen) atoms. The van der Waals surface area contributed by atoms with Gasteiger partial charge in [-0.1, -0.05) is 19.1 Å². The van der Waals surface area contributed by atoms with Gasteiger partial charge in [0.05, 0.1) is 23.0 Å².